The van der Waals surface area contributed by atoms with E-state index >= 15 is 0 Å². The molecule has 0 fully saturated rings. The Morgan fingerprint density at radius 3 is 2.79 bits per heavy atom. The van der Waals surface area contributed by atoms with Crippen LogP contribution in [0.5, 0.6) is 5.75 Å². The molecule has 0 aliphatic rings. The van der Waals surface area contributed by atoms with Crippen LogP contribution in [0.25, 0.3) is 0 Å². The molecule has 14 heavy (non-hydrogen) atoms. The molecule has 0 saturated carbocycles. The van der Waals surface area contributed by atoms with Crippen LogP contribution in [0.3, 0.4) is 0 Å². The quantitative estimate of drug-likeness (QED) is 0.744. The summed E-state index contributed by atoms with van der Waals surface area (Å²) in [5, 5.41) is 9.75. The highest BCUT2D eigenvalue weighted by Gasteiger charge is 2.11. The van der Waals surface area contributed by atoms with E-state index in [1.807, 2.05) is 12.1 Å². The van der Waals surface area contributed by atoms with E-state index in [0.717, 1.165) is 18.4 Å². The van der Waals surface area contributed by atoms with Crippen LogP contribution in [0, 0.1) is 0 Å². The summed E-state index contributed by atoms with van der Waals surface area (Å²) in [6.07, 6.45) is 2.79. The third kappa shape index (κ3) is 2.13. The molecule has 0 spiro atoms. The summed E-state index contributed by atoms with van der Waals surface area (Å²) < 4.78 is 0. The molecular formula is C12H16O2. The Morgan fingerprint density at radius 2 is 2.21 bits per heavy atom. The Hall–Kier alpha value is -1.31. The van der Waals surface area contributed by atoms with Gasteiger partial charge in [-0.2, -0.15) is 0 Å². The highest BCUT2D eigenvalue weighted by atomic mass is 16.3. The van der Waals surface area contributed by atoms with Crippen LogP contribution in [-0.2, 0) is 0 Å². The van der Waals surface area contributed by atoms with Crippen molar-refractivity contribution >= 4 is 6.29 Å². The summed E-state index contributed by atoms with van der Waals surface area (Å²) >= 11 is 0. The first-order valence-corrected chi connectivity index (χ1v) is 4.97. The number of benzene rings is 1. The van der Waals surface area contributed by atoms with Crippen molar-refractivity contribution in [1.29, 1.82) is 0 Å². The summed E-state index contributed by atoms with van der Waals surface area (Å²) in [5.74, 6) is 0.448. The Morgan fingerprint density at radius 1 is 1.50 bits per heavy atom. The first kappa shape index (κ1) is 10.8. The maximum atomic E-state index is 10.6. The Balaban J connectivity index is 3.02. The number of hydrogen-bond donors (Lipinski definition) is 1. The molecule has 0 heterocycles. The zero-order chi connectivity index (χ0) is 10.6. The number of phenols is 1. The maximum absolute atomic E-state index is 10.6. The van der Waals surface area contributed by atoms with Crippen molar-refractivity contribution in [1.82, 2.24) is 0 Å². The van der Waals surface area contributed by atoms with Crippen LogP contribution >= 0.6 is 0 Å². The smallest absolute Gasteiger partial charge is 0.153 e. The van der Waals surface area contributed by atoms with Gasteiger partial charge in [-0.1, -0.05) is 32.4 Å². The van der Waals surface area contributed by atoms with E-state index in [4.69, 9.17) is 0 Å². The number of aldehydes is 1. The maximum Gasteiger partial charge on any atom is 0.153 e. The predicted molar refractivity (Wildman–Crippen MR) is 56.8 cm³/mol. The van der Waals surface area contributed by atoms with E-state index in [1.165, 1.54) is 0 Å². The molecular weight excluding hydrogens is 176 g/mol. The molecule has 0 amide bonds. The lowest BCUT2D eigenvalue weighted by Gasteiger charge is -2.13. The SMILES string of the molecule is CCC[C@H](C)c1cccc(C=O)c1O. The zero-order valence-electron chi connectivity index (χ0n) is 8.66. The molecule has 0 aliphatic heterocycles. The van der Waals surface area contributed by atoms with Gasteiger partial charge in [0.05, 0.1) is 5.56 Å². The van der Waals surface area contributed by atoms with Gasteiger partial charge < -0.3 is 5.11 Å². The molecule has 0 radical (unpaired) electrons. The van der Waals surface area contributed by atoms with Crippen molar-refractivity contribution in [3.8, 4) is 5.75 Å². The van der Waals surface area contributed by atoms with Crippen molar-refractivity contribution in [2.45, 2.75) is 32.6 Å². The van der Waals surface area contributed by atoms with Crippen molar-refractivity contribution in [3.63, 3.8) is 0 Å². The third-order valence-corrected chi connectivity index (χ3v) is 2.48. The van der Waals surface area contributed by atoms with Gasteiger partial charge in [-0.15, -0.1) is 0 Å². The molecule has 0 aromatic heterocycles. The summed E-state index contributed by atoms with van der Waals surface area (Å²) in [7, 11) is 0. The molecule has 1 aromatic rings. The molecule has 2 nitrogen and oxygen atoms in total. The molecule has 0 unspecified atom stereocenters. The molecule has 0 saturated heterocycles. The van der Waals surface area contributed by atoms with Crippen molar-refractivity contribution < 1.29 is 9.90 Å². The van der Waals surface area contributed by atoms with Gasteiger partial charge in [0.1, 0.15) is 5.75 Å². The minimum absolute atomic E-state index is 0.142. The molecule has 1 N–H and O–H groups in total. The third-order valence-electron chi connectivity index (χ3n) is 2.48. The first-order chi connectivity index (χ1) is 6.70. The molecule has 1 aromatic carbocycles. The Bertz CT molecular complexity index is 318. The lowest BCUT2D eigenvalue weighted by atomic mass is 9.94. The number of hydrogen-bond acceptors (Lipinski definition) is 2. The van der Waals surface area contributed by atoms with E-state index in [0.29, 0.717) is 17.8 Å². The summed E-state index contributed by atoms with van der Waals surface area (Å²) in [6, 6.07) is 5.32. The van der Waals surface area contributed by atoms with E-state index in [1.54, 1.807) is 6.07 Å². The van der Waals surface area contributed by atoms with Crippen molar-refractivity contribution in [2.75, 3.05) is 0 Å². The van der Waals surface area contributed by atoms with E-state index < -0.39 is 0 Å². The van der Waals surface area contributed by atoms with Gasteiger partial charge in [0.15, 0.2) is 6.29 Å². The van der Waals surface area contributed by atoms with Crippen molar-refractivity contribution in [2.24, 2.45) is 0 Å². The Labute approximate surface area is 84.6 Å². The van der Waals surface area contributed by atoms with Gasteiger partial charge >= 0.3 is 0 Å². The van der Waals surface area contributed by atoms with Crippen LogP contribution in [0.2, 0.25) is 0 Å². The molecule has 1 atom stereocenters. The van der Waals surface area contributed by atoms with Crippen molar-refractivity contribution in [3.05, 3.63) is 29.3 Å². The fourth-order valence-electron chi connectivity index (χ4n) is 1.66. The monoisotopic (exact) mass is 192 g/mol. The number of carbonyl (C=O) groups is 1. The molecule has 76 valence electrons. The van der Waals surface area contributed by atoms with Crippen LogP contribution < -0.4 is 0 Å². The van der Waals surface area contributed by atoms with Gasteiger partial charge in [0.25, 0.3) is 0 Å². The summed E-state index contributed by atoms with van der Waals surface area (Å²) in [4.78, 5) is 10.6. The standard InChI is InChI=1S/C12H16O2/c1-3-5-9(2)11-7-4-6-10(8-13)12(11)14/h4,6-9,14H,3,5H2,1-2H3/t9-/m0/s1. The first-order valence-electron chi connectivity index (χ1n) is 4.97. The van der Waals surface area contributed by atoms with E-state index in [2.05, 4.69) is 13.8 Å². The lowest BCUT2D eigenvalue weighted by molar-refractivity contribution is 0.112. The van der Waals surface area contributed by atoms with Crippen LogP contribution in [0.1, 0.15) is 48.5 Å². The number of phenolic OH excluding ortho intramolecular Hbond substituents is 1. The van der Waals surface area contributed by atoms with Gasteiger partial charge in [-0.05, 0) is 24.0 Å². The van der Waals surface area contributed by atoms with Gasteiger partial charge in [0.2, 0.25) is 0 Å². The molecule has 1 rings (SSSR count). The van der Waals surface area contributed by atoms with Crippen LogP contribution in [0.15, 0.2) is 18.2 Å². The zero-order valence-corrected chi connectivity index (χ0v) is 8.66. The second kappa shape index (κ2) is 4.80. The average Bonchev–Trinajstić information content (AvgIpc) is 2.18. The number of aromatic hydroxyl groups is 1. The number of carbonyl (C=O) groups excluding carboxylic acids is 1. The topological polar surface area (TPSA) is 37.3 Å². The minimum Gasteiger partial charge on any atom is -0.507 e. The van der Waals surface area contributed by atoms with Gasteiger partial charge in [-0.3, -0.25) is 4.79 Å². The highest BCUT2D eigenvalue weighted by molar-refractivity contribution is 5.80. The lowest BCUT2D eigenvalue weighted by Crippen LogP contribution is -1.95. The molecule has 0 aliphatic carbocycles. The average molecular weight is 192 g/mol. The van der Waals surface area contributed by atoms with E-state index in [9.17, 15) is 9.90 Å². The minimum atomic E-state index is 0.142. The van der Waals surface area contributed by atoms with Crippen LogP contribution in [0.4, 0.5) is 0 Å². The number of rotatable bonds is 4. The summed E-state index contributed by atoms with van der Waals surface area (Å²) in [6.45, 7) is 4.17. The van der Waals surface area contributed by atoms with Gasteiger partial charge in [-0.25, -0.2) is 0 Å². The number of para-hydroxylation sites is 1. The van der Waals surface area contributed by atoms with Gasteiger partial charge in [0, 0.05) is 0 Å². The highest BCUT2D eigenvalue weighted by Crippen LogP contribution is 2.30. The molecule has 0 bridgehead atoms. The fraction of sp³-hybridized carbons (Fsp3) is 0.417. The van der Waals surface area contributed by atoms with E-state index in [-0.39, 0.29) is 5.75 Å². The fourth-order valence-corrected chi connectivity index (χ4v) is 1.66. The second-order valence-electron chi connectivity index (χ2n) is 3.59. The Kier molecular flexibility index (Phi) is 3.69. The normalized spacial score (nSPS) is 12.4. The van der Waals surface area contributed by atoms with Crippen LogP contribution in [-0.4, -0.2) is 11.4 Å². The summed E-state index contributed by atoms with van der Waals surface area (Å²) in [5.41, 5.74) is 1.25. The molecule has 2 heteroatoms. The predicted octanol–water partition coefficient (Wildman–Crippen LogP) is 3.11. The largest absolute Gasteiger partial charge is 0.507 e. The second-order valence-corrected chi connectivity index (χ2v) is 3.59.